The Morgan fingerprint density at radius 3 is 2.63 bits per heavy atom. The van der Waals surface area contributed by atoms with Gasteiger partial charge in [-0.25, -0.2) is 9.36 Å². The summed E-state index contributed by atoms with van der Waals surface area (Å²) in [5, 5.41) is 23.3. The lowest BCUT2D eigenvalue weighted by atomic mass is 9.84. The van der Waals surface area contributed by atoms with Crippen molar-refractivity contribution in [2.75, 3.05) is 6.61 Å². The number of aromatic amines is 1. The van der Waals surface area contributed by atoms with Gasteiger partial charge < -0.3 is 19.1 Å². The van der Waals surface area contributed by atoms with Gasteiger partial charge in [0.2, 0.25) is 0 Å². The highest BCUT2D eigenvalue weighted by molar-refractivity contribution is 7.52. The molecule has 1 aromatic heterocycles. The molecule has 2 heterocycles. The Morgan fingerprint density at radius 1 is 1.34 bits per heavy atom. The summed E-state index contributed by atoms with van der Waals surface area (Å²) in [5.74, 6) is -0.736. The molecular weight excluding hydrogens is 543 g/mol. The van der Waals surface area contributed by atoms with Crippen molar-refractivity contribution in [1.82, 2.24) is 14.6 Å². The Bertz CT molecular complexity index is 1370. The lowest BCUT2D eigenvalue weighted by molar-refractivity contribution is -0.149. The number of H-pyrrole nitrogens is 1. The molecule has 1 aliphatic heterocycles. The van der Waals surface area contributed by atoms with Crippen LogP contribution >= 0.6 is 19.3 Å². The fraction of sp³-hybridized carbons (Fsp3) is 0.478. The highest BCUT2D eigenvalue weighted by Gasteiger charge is 2.55. The van der Waals surface area contributed by atoms with Crippen molar-refractivity contribution in [1.29, 1.82) is 5.26 Å². The van der Waals surface area contributed by atoms with Crippen LogP contribution in [0.2, 0.25) is 5.02 Å². The van der Waals surface area contributed by atoms with Gasteiger partial charge in [0.15, 0.2) is 6.23 Å². The van der Waals surface area contributed by atoms with Crippen molar-refractivity contribution in [3.05, 3.63) is 62.4 Å². The lowest BCUT2D eigenvalue weighted by Crippen LogP contribution is -2.41. The molecule has 13 nitrogen and oxygen atoms in total. The van der Waals surface area contributed by atoms with E-state index in [1.54, 1.807) is 26.0 Å². The third-order valence-electron chi connectivity index (χ3n) is 5.65. The lowest BCUT2D eigenvalue weighted by Gasteiger charge is -2.26. The summed E-state index contributed by atoms with van der Waals surface area (Å²) >= 11 is 6.14. The van der Waals surface area contributed by atoms with Gasteiger partial charge in [-0.3, -0.25) is 23.7 Å². The summed E-state index contributed by atoms with van der Waals surface area (Å²) in [6.45, 7) is 5.46. The topological polar surface area (TPSA) is 182 Å². The second-order valence-corrected chi connectivity index (χ2v) is 11.1. The van der Waals surface area contributed by atoms with Crippen LogP contribution in [-0.2, 0) is 23.4 Å². The molecule has 206 valence electrons. The van der Waals surface area contributed by atoms with Crippen molar-refractivity contribution in [3.8, 4) is 11.8 Å². The number of halogens is 1. The Balaban J connectivity index is 1.86. The highest BCUT2D eigenvalue weighted by atomic mass is 35.5. The molecular formula is C23H28ClN4O9P. The summed E-state index contributed by atoms with van der Waals surface area (Å²) in [5.41, 5.74) is -3.17. The molecule has 1 aliphatic rings. The highest BCUT2D eigenvalue weighted by Crippen LogP contribution is 2.49. The maximum atomic E-state index is 13.8. The van der Waals surface area contributed by atoms with Gasteiger partial charge in [0, 0.05) is 12.3 Å². The Morgan fingerprint density at radius 2 is 2.03 bits per heavy atom. The Labute approximate surface area is 222 Å². The number of nitrogens with zero attached hydrogens (tertiary/aromatic N) is 2. The molecule has 6 atom stereocenters. The number of nitrogens with one attached hydrogen (secondary N) is 2. The number of aliphatic hydroxyl groups is 1. The zero-order chi connectivity index (χ0) is 28.3. The maximum absolute atomic E-state index is 13.8. The minimum atomic E-state index is -4.38. The molecule has 1 saturated heterocycles. The third-order valence-corrected chi connectivity index (χ3v) is 7.59. The number of hydrogen-bond donors (Lipinski definition) is 3. The molecule has 15 heteroatoms. The average molecular weight is 571 g/mol. The Kier molecular flexibility index (Phi) is 9.20. The van der Waals surface area contributed by atoms with Crippen molar-refractivity contribution in [2.45, 2.75) is 58.3 Å². The monoisotopic (exact) mass is 570 g/mol. The van der Waals surface area contributed by atoms with Gasteiger partial charge in [0.05, 0.1) is 23.8 Å². The van der Waals surface area contributed by atoms with Crippen LogP contribution in [0.5, 0.6) is 5.75 Å². The first kappa shape index (κ1) is 29.6. The minimum Gasteiger partial charge on any atom is -0.462 e. The van der Waals surface area contributed by atoms with Crippen molar-refractivity contribution >= 4 is 25.3 Å². The third kappa shape index (κ3) is 6.53. The number of hydrogen-bond acceptors (Lipinski definition) is 10. The molecule has 0 bridgehead atoms. The first-order valence-corrected chi connectivity index (χ1v) is 13.4. The van der Waals surface area contributed by atoms with Crippen molar-refractivity contribution in [2.24, 2.45) is 5.41 Å². The minimum absolute atomic E-state index is 0.0122. The normalized spacial score (nSPS) is 25.4. The van der Waals surface area contributed by atoms with Crippen LogP contribution in [0.1, 0.15) is 33.9 Å². The summed E-state index contributed by atoms with van der Waals surface area (Å²) in [6, 6.07) is 8.00. The molecule has 0 radical (unpaired) electrons. The molecule has 0 amide bonds. The quantitative estimate of drug-likeness (QED) is 0.281. The molecule has 1 fully saturated rings. The number of aromatic nitrogens is 2. The van der Waals surface area contributed by atoms with Crippen LogP contribution < -0.4 is 20.9 Å². The van der Waals surface area contributed by atoms with E-state index < -0.39 is 67.6 Å². The molecule has 6 unspecified atom stereocenters. The standard InChI is InChI=1S/C23H28ClN4O9P/c1-13(2)35-20(31)14(3)27-38(33,37-16-8-6-5-7-15(16)24)34-11-17-19(30)23(4,12-25)21(36-17)28-10-9-18(29)26-22(28)32/h5-10,13-14,17,19,21,30H,11H2,1-4H3,(H,27,33)(H,26,29,32). The van der Waals surface area contributed by atoms with Crippen LogP contribution in [0.3, 0.4) is 0 Å². The molecule has 3 N–H and O–H groups in total. The van der Waals surface area contributed by atoms with E-state index in [9.17, 15) is 29.3 Å². The zero-order valence-electron chi connectivity index (χ0n) is 21.0. The van der Waals surface area contributed by atoms with E-state index in [2.05, 4.69) is 10.1 Å². The van der Waals surface area contributed by atoms with Gasteiger partial charge in [-0.05, 0) is 39.8 Å². The smallest absolute Gasteiger partial charge is 0.459 e. The molecule has 0 saturated carbocycles. The predicted molar refractivity (Wildman–Crippen MR) is 134 cm³/mol. The summed E-state index contributed by atoms with van der Waals surface area (Å²) < 4.78 is 36.7. The number of carbonyl (C=O) groups excluding carboxylic acids is 1. The molecule has 0 spiro atoms. The fourth-order valence-corrected chi connectivity index (χ4v) is 5.42. The van der Waals surface area contributed by atoms with Crippen molar-refractivity contribution in [3.63, 3.8) is 0 Å². The largest absolute Gasteiger partial charge is 0.462 e. The number of para-hydroxylation sites is 1. The second-order valence-electron chi connectivity index (χ2n) is 9.04. The van der Waals surface area contributed by atoms with Gasteiger partial charge in [-0.1, -0.05) is 23.7 Å². The number of benzene rings is 1. The average Bonchev–Trinajstić information content (AvgIpc) is 3.09. The summed E-state index contributed by atoms with van der Waals surface area (Å²) in [6.07, 6.45) is -3.42. The number of esters is 1. The van der Waals surface area contributed by atoms with Crippen LogP contribution in [0.4, 0.5) is 0 Å². The first-order chi connectivity index (χ1) is 17.8. The van der Waals surface area contributed by atoms with E-state index in [1.807, 2.05) is 6.07 Å². The van der Waals surface area contributed by atoms with Gasteiger partial charge in [-0.2, -0.15) is 10.3 Å². The van der Waals surface area contributed by atoms with Crippen molar-refractivity contribution < 1.29 is 33.0 Å². The van der Waals surface area contributed by atoms with Crippen LogP contribution in [0.25, 0.3) is 0 Å². The molecule has 0 aliphatic carbocycles. The Hall–Kier alpha value is -2.98. The van der Waals surface area contributed by atoms with E-state index in [0.29, 0.717) is 0 Å². The molecule has 38 heavy (non-hydrogen) atoms. The second kappa shape index (κ2) is 11.8. The summed E-state index contributed by atoms with van der Waals surface area (Å²) in [4.78, 5) is 38.2. The van der Waals surface area contributed by atoms with Gasteiger partial charge in [-0.15, -0.1) is 0 Å². The molecule has 3 rings (SSSR count). The SMILES string of the molecule is CC(C)OC(=O)C(C)NP(=O)(OCC1OC(n2ccc(=O)[nH]c2=O)C(C)(C#N)C1O)Oc1ccccc1Cl. The van der Waals surface area contributed by atoms with E-state index in [-0.39, 0.29) is 10.8 Å². The number of aliphatic hydroxyl groups excluding tert-OH is 1. The van der Waals surface area contributed by atoms with E-state index in [0.717, 1.165) is 16.8 Å². The number of rotatable bonds is 10. The predicted octanol–water partition coefficient (Wildman–Crippen LogP) is 2.11. The van der Waals surface area contributed by atoms with Gasteiger partial charge in [0.25, 0.3) is 5.56 Å². The number of ether oxygens (including phenoxy) is 2. The number of carbonyl (C=O) groups is 1. The van der Waals surface area contributed by atoms with Gasteiger partial charge >= 0.3 is 19.4 Å². The number of nitriles is 1. The van der Waals surface area contributed by atoms with Crippen LogP contribution in [0, 0.1) is 16.7 Å². The van der Waals surface area contributed by atoms with Crippen LogP contribution in [-0.4, -0.2) is 51.6 Å². The van der Waals surface area contributed by atoms with Crippen LogP contribution in [0.15, 0.2) is 46.1 Å². The molecule has 2 aromatic rings. The van der Waals surface area contributed by atoms with Gasteiger partial charge in [0.1, 0.15) is 29.4 Å². The zero-order valence-corrected chi connectivity index (χ0v) is 22.6. The van der Waals surface area contributed by atoms with E-state index >= 15 is 0 Å². The molecule has 1 aromatic carbocycles. The summed E-state index contributed by atoms with van der Waals surface area (Å²) in [7, 11) is -4.38. The van der Waals surface area contributed by atoms with E-state index in [4.69, 9.17) is 30.1 Å². The van der Waals surface area contributed by atoms with E-state index in [1.165, 1.54) is 26.0 Å². The first-order valence-electron chi connectivity index (χ1n) is 11.5. The fourth-order valence-electron chi connectivity index (χ4n) is 3.67. The maximum Gasteiger partial charge on any atom is 0.459 e.